The van der Waals surface area contributed by atoms with Gasteiger partial charge < -0.3 is 15.5 Å². The fourth-order valence-corrected chi connectivity index (χ4v) is 4.61. The molecule has 4 rings (SSSR count). The summed E-state index contributed by atoms with van der Waals surface area (Å²) in [6.07, 6.45) is 7.06. The highest BCUT2D eigenvalue weighted by Gasteiger charge is 2.40. The zero-order chi connectivity index (χ0) is 18.3. The van der Waals surface area contributed by atoms with Crippen molar-refractivity contribution in [3.8, 4) is 11.5 Å². The molecule has 2 aromatic rings. The Hall–Kier alpha value is -1.85. The number of carbonyl (C=O) groups is 1. The SMILES string of the molecule is Cc1coc(-c2ccc(C)c(NC(=O)C3CC4CCCC(C3)C4N)c2)n1.Cl. The van der Waals surface area contributed by atoms with Gasteiger partial charge in [-0.2, -0.15) is 0 Å². The van der Waals surface area contributed by atoms with Gasteiger partial charge in [-0.25, -0.2) is 4.98 Å². The van der Waals surface area contributed by atoms with Crippen molar-refractivity contribution in [3.63, 3.8) is 0 Å². The molecule has 2 atom stereocenters. The highest BCUT2D eigenvalue weighted by Crippen LogP contribution is 2.42. The number of hydrogen-bond acceptors (Lipinski definition) is 4. The van der Waals surface area contributed by atoms with Crippen LogP contribution in [0.15, 0.2) is 28.9 Å². The highest BCUT2D eigenvalue weighted by atomic mass is 35.5. The van der Waals surface area contributed by atoms with Crippen LogP contribution in [-0.4, -0.2) is 16.9 Å². The first-order chi connectivity index (χ1) is 12.5. The van der Waals surface area contributed by atoms with Crippen molar-refractivity contribution in [3.05, 3.63) is 35.7 Å². The number of nitrogens with one attached hydrogen (secondary N) is 1. The van der Waals surface area contributed by atoms with Crippen LogP contribution in [0.4, 0.5) is 5.69 Å². The molecule has 1 aromatic heterocycles. The van der Waals surface area contributed by atoms with Crippen LogP contribution in [0, 0.1) is 31.6 Å². The predicted octanol–water partition coefficient (Wildman–Crippen LogP) is 4.47. The molecule has 2 fully saturated rings. The third-order valence-corrected chi connectivity index (χ3v) is 6.15. The standard InChI is InChI=1S/C21H27N3O2.ClH/c1-12-6-7-16(21-23-13(2)11-26-21)10-18(12)24-20(25)17-8-14-4-3-5-15(9-17)19(14)22;/h6-7,10-11,14-15,17,19H,3-5,8-9,22H2,1-2H3,(H,24,25);1H. The molecule has 27 heavy (non-hydrogen) atoms. The molecule has 5 nitrogen and oxygen atoms in total. The van der Waals surface area contributed by atoms with Gasteiger partial charge in [0.1, 0.15) is 6.26 Å². The minimum Gasteiger partial charge on any atom is -0.444 e. The quantitative estimate of drug-likeness (QED) is 0.811. The average molecular weight is 390 g/mol. The maximum Gasteiger partial charge on any atom is 0.227 e. The van der Waals surface area contributed by atoms with E-state index in [-0.39, 0.29) is 30.3 Å². The second-order valence-corrected chi connectivity index (χ2v) is 8.01. The van der Waals surface area contributed by atoms with Gasteiger partial charge in [-0.3, -0.25) is 4.79 Å². The lowest BCUT2D eigenvalue weighted by molar-refractivity contribution is -0.122. The number of halogens is 1. The Morgan fingerprint density at radius 3 is 2.56 bits per heavy atom. The zero-order valence-electron chi connectivity index (χ0n) is 15.9. The van der Waals surface area contributed by atoms with Crippen molar-refractivity contribution in [2.24, 2.45) is 23.5 Å². The summed E-state index contributed by atoms with van der Waals surface area (Å²) in [7, 11) is 0. The van der Waals surface area contributed by atoms with Crippen LogP contribution < -0.4 is 11.1 Å². The van der Waals surface area contributed by atoms with Crippen LogP contribution in [0.3, 0.4) is 0 Å². The van der Waals surface area contributed by atoms with Crippen molar-refractivity contribution in [1.29, 1.82) is 0 Å². The van der Waals surface area contributed by atoms with Gasteiger partial charge in [-0.1, -0.05) is 12.5 Å². The first kappa shape index (κ1) is 19.9. The Labute approximate surface area is 166 Å². The molecule has 1 aromatic carbocycles. The number of amides is 1. The normalized spacial score (nSPS) is 26.9. The molecule has 2 unspecified atom stereocenters. The second kappa shape index (κ2) is 8.03. The minimum atomic E-state index is 0. The predicted molar refractivity (Wildman–Crippen MR) is 109 cm³/mol. The van der Waals surface area contributed by atoms with Crippen LogP contribution in [-0.2, 0) is 4.79 Å². The molecule has 0 saturated heterocycles. The number of aryl methyl sites for hydroxylation is 2. The lowest BCUT2D eigenvalue weighted by Crippen LogP contribution is -2.48. The Morgan fingerprint density at radius 2 is 1.93 bits per heavy atom. The first-order valence-corrected chi connectivity index (χ1v) is 9.61. The summed E-state index contributed by atoms with van der Waals surface area (Å²) < 4.78 is 5.49. The van der Waals surface area contributed by atoms with Crippen molar-refractivity contribution in [1.82, 2.24) is 4.98 Å². The lowest BCUT2D eigenvalue weighted by atomic mass is 9.65. The van der Waals surface area contributed by atoms with E-state index in [1.165, 1.54) is 19.3 Å². The van der Waals surface area contributed by atoms with Gasteiger partial charge in [0.25, 0.3) is 0 Å². The summed E-state index contributed by atoms with van der Waals surface area (Å²) >= 11 is 0. The molecule has 1 heterocycles. The minimum absolute atomic E-state index is 0. The monoisotopic (exact) mass is 389 g/mol. The molecular weight excluding hydrogens is 362 g/mol. The molecule has 0 radical (unpaired) electrons. The Morgan fingerprint density at radius 1 is 1.22 bits per heavy atom. The van der Waals surface area contributed by atoms with E-state index >= 15 is 0 Å². The van der Waals surface area contributed by atoms with E-state index in [4.69, 9.17) is 10.2 Å². The molecule has 2 bridgehead atoms. The summed E-state index contributed by atoms with van der Waals surface area (Å²) in [4.78, 5) is 17.3. The molecule has 2 aliphatic rings. The molecule has 6 heteroatoms. The molecule has 2 saturated carbocycles. The van der Waals surface area contributed by atoms with E-state index in [1.807, 2.05) is 32.0 Å². The van der Waals surface area contributed by atoms with Gasteiger partial charge in [0.05, 0.1) is 5.69 Å². The molecule has 146 valence electrons. The van der Waals surface area contributed by atoms with Crippen LogP contribution in [0.5, 0.6) is 0 Å². The van der Waals surface area contributed by atoms with E-state index in [9.17, 15) is 4.79 Å². The number of carbonyl (C=O) groups excluding carboxylic acids is 1. The summed E-state index contributed by atoms with van der Waals surface area (Å²) in [5.74, 6) is 1.77. The van der Waals surface area contributed by atoms with Gasteiger partial charge >= 0.3 is 0 Å². The number of rotatable bonds is 3. The van der Waals surface area contributed by atoms with Crippen LogP contribution >= 0.6 is 12.4 Å². The summed E-state index contributed by atoms with van der Waals surface area (Å²) in [5.41, 5.74) is 9.96. The Kier molecular flexibility index (Phi) is 5.92. The van der Waals surface area contributed by atoms with E-state index in [0.717, 1.165) is 35.3 Å². The average Bonchev–Trinajstić information content (AvgIpc) is 3.03. The van der Waals surface area contributed by atoms with E-state index < -0.39 is 0 Å². The highest BCUT2D eigenvalue weighted by molar-refractivity contribution is 5.94. The van der Waals surface area contributed by atoms with Gasteiger partial charge in [-0.15, -0.1) is 12.4 Å². The van der Waals surface area contributed by atoms with Gasteiger partial charge in [-0.05, 0) is 69.1 Å². The number of anilines is 1. The van der Waals surface area contributed by atoms with Crippen molar-refractivity contribution in [2.45, 2.75) is 52.0 Å². The molecule has 3 N–H and O–H groups in total. The number of nitrogens with zero attached hydrogens (tertiary/aromatic N) is 1. The number of nitrogens with two attached hydrogens (primary N) is 1. The van der Waals surface area contributed by atoms with Crippen molar-refractivity contribution in [2.75, 3.05) is 5.32 Å². The number of hydrogen-bond donors (Lipinski definition) is 2. The number of oxazole rings is 1. The van der Waals surface area contributed by atoms with Crippen LogP contribution in [0.25, 0.3) is 11.5 Å². The van der Waals surface area contributed by atoms with Crippen molar-refractivity contribution >= 4 is 24.0 Å². The maximum absolute atomic E-state index is 12.9. The molecule has 0 aliphatic heterocycles. The summed E-state index contributed by atoms with van der Waals surface area (Å²) in [5, 5.41) is 3.15. The van der Waals surface area contributed by atoms with E-state index in [1.54, 1.807) is 6.26 Å². The Balaban J connectivity index is 0.00000210. The third-order valence-electron chi connectivity index (χ3n) is 6.15. The maximum atomic E-state index is 12.9. The zero-order valence-corrected chi connectivity index (χ0v) is 16.7. The lowest BCUT2D eigenvalue weighted by Gasteiger charge is -2.43. The van der Waals surface area contributed by atoms with Gasteiger partial charge in [0.15, 0.2) is 0 Å². The smallest absolute Gasteiger partial charge is 0.227 e. The fourth-order valence-electron chi connectivity index (χ4n) is 4.61. The first-order valence-electron chi connectivity index (χ1n) is 9.61. The summed E-state index contributed by atoms with van der Waals surface area (Å²) in [6, 6.07) is 6.20. The van der Waals surface area contributed by atoms with Crippen molar-refractivity contribution < 1.29 is 9.21 Å². The number of benzene rings is 1. The van der Waals surface area contributed by atoms with E-state index in [2.05, 4.69) is 10.3 Å². The molecular formula is C21H28ClN3O2. The van der Waals surface area contributed by atoms with Gasteiger partial charge in [0, 0.05) is 23.2 Å². The molecule has 2 aliphatic carbocycles. The van der Waals surface area contributed by atoms with E-state index in [0.29, 0.717) is 17.7 Å². The summed E-state index contributed by atoms with van der Waals surface area (Å²) in [6.45, 7) is 3.90. The topological polar surface area (TPSA) is 81.2 Å². The van der Waals surface area contributed by atoms with Gasteiger partial charge in [0.2, 0.25) is 11.8 Å². The van der Waals surface area contributed by atoms with Crippen LogP contribution in [0.2, 0.25) is 0 Å². The fraction of sp³-hybridized carbons (Fsp3) is 0.524. The molecule has 0 spiro atoms. The van der Waals surface area contributed by atoms with Crippen LogP contribution in [0.1, 0.15) is 43.4 Å². The third kappa shape index (κ3) is 4.04. The number of aromatic nitrogens is 1. The number of fused-ring (bicyclic) bond motifs is 2. The molecule has 1 amide bonds. The largest absolute Gasteiger partial charge is 0.444 e. The Bertz CT molecular complexity index is 806. The second-order valence-electron chi connectivity index (χ2n) is 8.01.